The van der Waals surface area contributed by atoms with Crippen LogP contribution in [0.2, 0.25) is 5.02 Å². The van der Waals surface area contributed by atoms with Gasteiger partial charge in [0.1, 0.15) is 0 Å². The Balaban J connectivity index is 1.41. The second-order valence-electron chi connectivity index (χ2n) is 6.88. The van der Waals surface area contributed by atoms with Crippen LogP contribution in [0.1, 0.15) is 40.0 Å². The second-order valence-corrected chi connectivity index (χ2v) is 7.29. The van der Waals surface area contributed by atoms with Gasteiger partial charge in [-0.15, -0.1) is 0 Å². The molecule has 1 aliphatic rings. The first-order chi connectivity index (χ1) is 14.0. The summed E-state index contributed by atoms with van der Waals surface area (Å²) < 4.78 is 5.26. The molecule has 1 unspecified atom stereocenters. The zero-order valence-electron chi connectivity index (χ0n) is 15.8. The van der Waals surface area contributed by atoms with Crippen LogP contribution >= 0.6 is 11.6 Å². The van der Waals surface area contributed by atoms with Crippen molar-refractivity contribution in [3.8, 4) is 0 Å². The zero-order valence-corrected chi connectivity index (χ0v) is 16.5. The third-order valence-electron chi connectivity index (χ3n) is 4.94. The molecule has 0 aliphatic carbocycles. The predicted octanol–water partition coefficient (Wildman–Crippen LogP) is 3.48. The number of hydrogen-bond acceptors (Lipinski definition) is 5. The zero-order chi connectivity index (χ0) is 20.4. The van der Waals surface area contributed by atoms with Crippen LogP contribution in [0.15, 0.2) is 53.1 Å². The van der Waals surface area contributed by atoms with Gasteiger partial charge in [0.15, 0.2) is 5.82 Å². The van der Waals surface area contributed by atoms with Crippen LogP contribution < -0.4 is 10.2 Å². The Kier molecular flexibility index (Phi) is 5.31. The topological polar surface area (TPSA) is 88.3 Å². The number of aromatic nitrogens is 2. The molecule has 1 aliphatic heterocycles. The summed E-state index contributed by atoms with van der Waals surface area (Å²) in [7, 11) is 0. The van der Waals surface area contributed by atoms with Crippen LogP contribution in [0.25, 0.3) is 0 Å². The largest absolute Gasteiger partial charge is 0.343 e. The Hall–Kier alpha value is -3.19. The minimum Gasteiger partial charge on any atom is -0.343 e. The maximum Gasteiger partial charge on any atom is 0.251 e. The summed E-state index contributed by atoms with van der Waals surface area (Å²) in [5, 5.41) is 7.38. The first-order valence-electron chi connectivity index (χ1n) is 9.24. The van der Waals surface area contributed by atoms with Crippen molar-refractivity contribution in [3.05, 3.63) is 76.4 Å². The van der Waals surface area contributed by atoms with Crippen LogP contribution in [0.5, 0.6) is 0 Å². The number of anilines is 1. The van der Waals surface area contributed by atoms with Crippen molar-refractivity contribution < 1.29 is 14.1 Å². The van der Waals surface area contributed by atoms with E-state index in [1.54, 1.807) is 35.2 Å². The molecule has 8 heteroatoms. The van der Waals surface area contributed by atoms with Gasteiger partial charge in [0.05, 0.1) is 6.54 Å². The molecular formula is C21H19ClN4O3. The summed E-state index contributed by atoms with van der Waals surface area (Å²) >= 11 is 6.19. The van der Waals surface area contributed by atoms with E-state index in [4.69, 9.17) is 16.1 Å². The summed E-state index contributed by atoms with van der Waals surface area (Å²) in [6.07, 6.45) is 0.293. The van der Waals surface area contributed by atoms with E-state index in [2.05, 4.69) is 15.5 Å². The number of amides is 2. The molecule has 1 saturated heterocycles. The van der Waals surface area contributed by atoms with Gasteiger partial charge in [0.2, 0.25) is 11.8 Å². The Bertz CT molecular complexity index is 1050. The Morgan fingerprint density at radius 3 is 2.83 bits per heavy atom. The van der Waals surface area contributed by atoms with Crippen LogP contribution in [0.4, 0.5) is 5.69 Å². The molecule has 3 aromatic rings. The molecule has 0 saturated carbocycles. The number of carbonyl (C=O) groups excluding carboxylic acids is 2. The molecule has 1 N–H and O–H groups in total. The van der Waals surface area contributed by atoms with E-state index in [9.17, 15) is 9.59 Å². The Labute approximate surface area is 172 Å². The molecule has 0 spiro atoms. The number of halogens is 1. The first-order valence-corrected chi connectivity index (χ1v) is 9.62. The second kappa shape index (κ2) is 8.05. The molecule has 0 radical (unpaired) electrons. The van der Waals surface area contributed by atoms with Gasteiger partial charge in [-0.3, -0.25) is 9.59 Å². The van der Waals surface area contributed by atoms with Gasteiger partial charge in [0.25, 0.3) is 5.91 Å². The maximum absolute atomic E-state index is 12.5. The van der Waals surface area contributed by atoms with Gasteiger partial charge >= 0.3 is 0 Å². The van der Waals surface area contributed by atoms with Gasteiger partial charge < -0.3 is 14.7 Å². The maximum atomic E-state index is 12.5. The van der Waals surface area contributed by atoms with E-state index in [1.807, 2.05) is 25.1 Å². The first kappa shape index (κ1) is 19.1. The van der Waals surface area contributed by atoms with Crippen LogP contribution in [0, 0.1) is 6.92 Å². The van der Waals surface area contributed by atoms with Crippen LogP contribution in [-0.2, 0) is 11.3 Å². The van der Waals surface area contributed by atoms with E-state index in [-0.39, 0.29) is 24.3 Å². The summed E-state index contributed by atoms with van der Waals surface area (Å²) in [6, 6.07) is 14.4. The average molecular weight is 411 g/mol. The summed E-state index contributed by atoms with van der Waals surface area (Å²) in [6.45, 7) is 2.47. The van der Waals surface area contributed by atoms with Crippen molar-refractivity contribution in [2.24, 2.45) is 0 Å². The lowest BCUT2D eigenvalue weighted by molar-refractivity contribution is -0.117. The van der Waals surface area contributed by atoms with Gasteiger partial charge in [-0.1, -0.05) is 41.0 Å². The van der Waals surface area contributed by atoms with E-state index in [1.165, 1.54) is 0 Å². The van der Waals surface area contributed by atoms with Crippen molar-refractivity contribution in [1.29, 1.82) is 0 Å². The van der Waals surface area contributed by atoms with Crippen molar-refractivity contribution in [3.63, 3.8) is 0 Å². The van der Waals surface area contributed by atoms with Crippen molar-refractivity contribution in [2.75, 3.05) is 11.4 Å². The van der Waals surface area contributed by atoms with Crippen LogP contribution in [-0.4, -0.2) is 28.5 Å². The molecule has 1 aromatic heterocycles. The molecule has 1 atom stereocenters. The Morgan fingerprint density at radius 1 is 1.24 bits per heavy atom. The standard InChI is InChI=1S/C21H19ClN4O3/c1-13-16(22)8-5-9-17(13)26-12-15(10-19(26)27)20-24-18(29-25-20)11-23-21(28)14-6-3-2-4-7-14/h2-9,15H,10-12H2,1H3,(H,23,28). The van der Waals surface area contributed by atoms with E-state index >= 15 is 0 Å². The van der Waals surface area contributed by atoms with Crippen LogP contribution in [0.3, 0.4) is 0 Å². The molecule has 4 rings (SSSR count). The SMILES string of the molecule is Cc1c(Cl)cccc1N1CC(c2noc(CNC(=O)c3ccccc3)n2)CC1=O. The van der Waals surface area contributed by atoms with E-state index < -0.39 is 0 Å². The third-order valence-corrected chi connectivity index (χ3v) is 5.35. The number of hydrogen-bond donors (Lipinski definition) is 1. The molecule has 7 nitrogen and oxygen atoms in total. The number of nitrogens with zero attached hydrogens (tertiary/aromatic N) is 3. The lowest BCUT2D eigenvalue weighted by Gasteiger charge is -2.19. The smallest absolute Gasteiger partial charge is 0.251 e. The molecule has 1 fully saturated rings. The average Bonchev–Trinajstić information content (AvgIpc) is 3.35. The summed E-state index contributed by atoms with van der Waals surface area (Å²) in [4.78, 5) is 30.7. The molecule has 2 heterocycles. The normalized spacial score (nSPS) is 16.3. The highest BCUT2D eigenvalue weighted by atomic mass is 35.5. The Morgan fingerprint density at radius 2 is 2.03 bits per heavy atom. The lowest BCUT2D eigenvalue weighted by atomic mass is 10.1. The molecule has 0 bridgehead atoms. The molecule has 29 heavy (non-hydrogen) atoms. The fourth-order valence-corrected chi connectivity index (χ4v) is 3.52. The highest BCUT2D eigenvalue weighted by Crippen LogP contribution is 2.34. The molecular weight excluding hydrogens is 392 g/mol. The minimum atomic E-state index is -0.219. The minimum absolute atomic E-state index is 0.0101. The predicted molar refractivity (Wildman–Crippen MR) is 108 cm³/mol. The number of benzene rings is 2. The molecule has 2 amide bonds. The third kappa shape index (κ3) is 4.00. The monoisotopic (exact) mass is 410 g/mol. The fraction of sp³-hybridized carbons (Fsp3) is 0.238. The van der Waals surface area contributed by atoms with E-state index in [0.717, 1.165) is 11.3 Å². The van der Waals surface area contributed by atoms with Crippen molar-refractivity contribution >= 4 is 29.1 Å². The molecule has 148 valence electrons. The highest BCUT2D eigenvalue weighted by molar-refractivity contribution is 6.31. The lowest BCUT2D eigenvalue weighted by Crippen LogP contribution is -2.25. The molecule has 2 aromatic carbocycles. The summed E-state index contributed by atoms with van der Waals surface area (Å²) in [5.74, 6) is 0.356. The van der Waals surface area contributed by atoms with E-state index in [0.29, 0.717) is 35.3 Å². The van der Waals surface area contributed by atoms with Gasteiger partial charge in [-0.2, -0.15) is 4.98 Å². The number of nitrogens with one attached hydrogen (secondary N) is 1. The van der Waals surface area contributed by atoms with Gasteiger partial charge in [-0.25, -0.2) is 0 Å². The highest BCUT2D eigenvalue weighted by Gasteiger charge is 2.35. The number of rotatable bonds is 5. The number of carbonyl (C=O) groups is 2. The summed E-state index contributed by atoms with van der Waals surface area (Å²) in [5.41, 5.74) is 2.21. The van der Waals surface area contributed by atoms with Crippen molar-refractivity contribution in [2.45, 2.75) is 25.8 Å². The van der Waals surface area contributed by atoms with Gasteiger partial charge in [0, 0.05) is 35.2 Å². The quantitative estimate of drug-likeness (QED) is 0.695. The fourth-order valence-electron chi connectivity index (χ4n) is 3.36. The van der Waals surface area contributed by atoms with Crippen molar-refractivity contribution in [1.82, 2.24) is 15.5 Å². The van der Waals surface area contributed by atoms with Gasteiger partial charge in [-0.05, 0) is 36.8 Å².